The first-order chi connectivity index (χ1) is 14.3. The zero-order chi connectivity index (χ0) is 26.6. The molecule has 0 bridgehead atoms. The first-order valence-corrected chi connectivity index (χ1v) is 34.6. The Bertz CT molecular complexity index is 747. The maximum absolute atomic E-state index is 11.2. The zero-order valence-electron chi connectivity index (χ0n) is 17.9. The van der Waals surface area contributed by atoms with Crippen LogP contribution >= 0.6 is 108 Å². The van der Waals surface area contributed by atoms with Gasteiger partial charge in [-0.1, -0.05) is 0 Å². The van der Waals surface area contributed by atoms with Crippen molar-refractivity contribution < 1.29 is 38.5 Å². The van der Waals surface area contributed by atoms with Gasteiger partial charge < -0.3 is 0 Å². The summed E-state index contributed by atoms with van der Waals surface area (Å²) in [5.74, 6) is 0.794. The van der Waals surface area contributed by atoms with Gasteiger partial charge in [-0.15, -0.1) is 23.2 Å². The minimum atomic E-state index is -3.30. The molecule has 1 aliphatic rings. The molecule has 0 heterocycles. The summed E-state index contributed by atoms with van der Waals surface area (Å²) < 4.78 is 66.0. The van der Waals surface area contributed by atoms with Gasteiger partial charge in [0.1, 0.15) is 9.84 Å². The van der Waals surface area contributed by atoms with Gasteiger partial charge in [-0.3, -0.25) is 0 Å². The van der Waals surface area contributed by atoms with Crippen molar-refractivity contribution in [2.45, 2.75) is 57.2 Å². The quantitative estimate of drug-likeness (QED) is 0.227. The first kappa shape index (κ1) is 43.4. The van der Waals surface area contributed by atoms with Gasteiger partial charge in [-0.2, -0.15) is 0 Å². The van der Waals surface area contributed by atoms with Crippen LogP contribution in [-0.2, 0) is 28.9 Å². The first-order valence-electron chi connectivity index (χ1n) is 8.61. The van der Waals surface area contributed by atoms with Crippen LogP contribution in [0.2, 0.25) is 0 Å². The minimum Gasteiger partial charge on any atom is -0.212 e. The Morgan fingerprint density at radius 1 is 0.906 bits per heavy atom. The monoisotopic (exact) mass is 1140 g/mol. The van der Waals surface area contributed by atoms with Crippen molar-refractivity contribution in [3.8, 4) is 0 Å². The van der Waals surface area contributed by atoms with Gasteiger partial charge in [0.05, 0.1) is 16.8 Å². The molecule has 1 fully saturated rings. The molecule has 18 heteroatoms. The fourth-order valence-corrected chi connectivity index (χ4v) is 5.44. The topological polar surface area (TPSA) is 114 Å². The van der Waals surface area contributed by atoms with E-state index in [1.165, 1.54) is 6.26 Å². The average Bonchev–Trinajstić information content (AvgIpc) is 3.44. The number of hydrogen-bond acceptors (Lipinski definition) is 6. The van der Waals surface area contributed by atoms with Crippen molar-refractivity contribution in [1.82, 2.24) is 4.72 Å². The van der Waals surface area contributed by atoms with Gasteiger partial charge in [-0.05, 0) is 46.5 Å². The number of rotatable bonds is 8. The van der Waals surface area contributed by atoms with Gasteiger partial charge in [0.15, 0.2) is 0 Å². The van der Waals surface area contributed by atoms with Gasteiger partial charge in [0, 0.05) is 71.5 Å². The van der Waals surface area contributed by atoms with Crippen LogP contribution in [0, 0.1) is 0 Å². The van der Waals surface area contributed by atoms with Crippen LogP contribution in [0.3, 0.4) is 0 Å². The van der Waals surface area contributed by atoms with Crippen molar-refractivity contribution in [3.05, 3.63) is 0 Å². The fraction of sp³-hybridized carbons (Fsp3) is 1.00. The summed E-state index contributed by atoms with van der Waals surface area (Å²) in [5.41, 5.74) is -0.398. The Kier molecular flexibility index (Phi) is 33.0. The van der Waals surface area contributed by atoms with Crippen LogP contribution in [0.5, 0.6) is 0 Å². The third-order valence-corrected chi connectivity index (χ3v) is 7.87. The van der Waals surface area contributed by atoms with E-state index in [-0.39, 0.29) is 16.8 Å². The van der Waals surface area contributed by atoms with Crippen molar-refractivity contribution in [3.63, 3.8) is 0 Å². The summed E-state index contributed by atoms with van der Waals surface area (Å²) in [4.78, 5) is 0. The number of sulfonamides is 1. The van der Waals surface area contributed by atoms with Gasteiger partial charge in [-0.25, -0.2) is 30.0 Å². The average molecular weight is 1150 g/mol. The molecule has 0 atom stereocenters. The predicted octanol–water partition coefficient (Wildman–Crippen LogP) is 3.26. The standard InChI is InChI=1S/C7H16ClNO2S.C4H8O2S.C3H6Cl2O2S.I3.I2/c1-7(2,3)9-12(10,11)6-4-5-8;1-7(5,6)4-2-3-4;4-2-1-3-8(5,6)7;1-3-2;1-2/h9H,4-6H2,1-3H3;4H,2-3H2,1H3;1-3H2;;/q;;;-1;. The molecule has 0 radical (unpaired) electrons. The number of sulfone groups is 1. The largest absolute Gasteiger partial charge is 0.232 e. The van der Waals surface area contributed by atoms with E-state index in [0.717, 1.165) is 12.8 Å². The Morgan fingerprint density at radius 3 is 1.41 bits per heavy atom. The summed E-state index contributed by atoms with van der Waals surface area (Å²) in [7, 11) is -4.24. The number of halogens is 8. The Morgan fingerprint density at radius 2 is 1.25 bits per heavy atom. The molecule has 0 aliphatic heterocycles. The summed E-state index contributed by atoms with van der Waals surface area (Å²) in [6, 6.07) is 0. The second-order valence-corrected chi connectivity index (χ2v) is 31.1. The Hall–Kier alpha value is 4.33. The van der Waals surface area contributed by atoms with Crippen molar-refractivity contribution in [1.29, 1.82) is 0 Å². The molecule has 1 saturated carbocycles. The van der Waals surface area contributed by atoms with E-state index >= 15 is 0 Å². The third-order valence-electron chi connectivity index (χ3n) is 2.66. The molecule has 1 aliphatic carbocycles. The maximum atomic E-state index is 11.2. The maximum Gasteiger partial charge on any atom is 0.232 e. The van der Waals surface area contributed by atoms with Crippen LogP contribution in [0.1, 0.15) is 46.5 Å². The number of nitrogens with one attached hydrogen (secondary N) is 1. The van der Waals surface area contributed by atoms with Crippen molar-refractivity contribution >= 4 is 137 Å². The molecular weight excluding hydrogens is 1120 g/mol. The number of alkyl halides is 2. The molecule has 1 rings (SSSR count). The molecule has 0 aromatic rings. The van der Waals surface area contributed by atoms with E-state index < -0.39 is 34.5 Å². The molecule has 0 amide bonds. The predicted molar refractivity (Wildman–Crippen MR) is 171 cm³/mol. The molecule has 0 saturated heterocycles. The van der Waals surface area contributed by atoms with Crippen LogP contribution in [-0.4, -0.2) is 65.6 Å². The fourth-order valence-electron chi connectivity index (χ4n) is 1.49. The van der Waals surface area contributed by atoms with E-state index in [9.17, 15) is 25.3 Å². The molecule has 32 heavy (non-hydrogen) atoms. The summed E-state index contributed by atoms with van der Waals surface area (Å²) in [6.45, 7) is 5.43. The molecule has 1 N–H and O–H groups in total. The molecule has 0 aromatic heterocycles. The smallest absolute Gasteiger partial charge is 0.212 e. The Balaban J connectivity index is -0.000000171. The van der Waals surface area contributed by atoms with Gasteiger partial charge in [0.25, 0.3) is 0 Å². The molecule has 7 nitrogen and oxygen atoms in total. The summed E-state index contributed by atoms with van der Waals surface area (Å²) >= 11 is 20.1. The molecule has 0 aromatic carbocycles. The van der Waals surface area contributed by atoms with E-state index in [1.807, 2.05) is 20.8 Å². The van der Waals surface area contributed by atoms with Crippen molar-refractivity contribution in [2.24, 2.45) is 0 Å². The minimum absolute atomic E-state index is 0.0208. The SMILES string of the molecule is CC(C)(C)NS(=O)(=O)CCCCl.CS(=O)(=O)C1CC1.II.I[I-]I.O=S(=O)(Cl)CCCCl. The van der Waals surface area contributed by atoms with Gasteiger partial charge in [0.2, 0.25) is 19.1 Å². The van der Waals surface area contributed by atoms with Crippen LogP contribution in [0.15, 0.2) is 0 Å². The van der Waals surface area contributed by atoms with E-state index in [2.05, 4.69) is 79.2 Å². The van der Waals surface area contributed by atoms with Crippen LogP contribution in [0.25, 0.3) is 0 Å². The third kappa shape index (κ3) is 44.3. The van der Waals surface area contributed by atoms with E-state index in [0.29, 0.717) is 37.9 Å². The normalized spacial score (nSPS) is 13.7. The van der Waals surface area contributed by atoms with Crippen molar-refractivity contribution in [2.75, 3.05) is 29.5 Å². The second-order valence-electron chi connectivity index (χ2n) is 7.08. The molecule has 202 valence electrons. The number of hydrogen-bond donors (Lipinski definition) is 1. The molecular formula is C14H30Cl3I5NO6S3-. The Labute approximate surface area is 262 Å². The molecule has 0 spiro atoms. The van der Waals surface area contributed by atoms with Crippen LogP contribution in [0.4, 0.5) is 0 Å². The summed E-state index contributed by atoms with van der Waals surface area (Å²) in [6.07, 6.45) is 3.99. The van der Waals surface area contributed by atoms with E-state index in [1.54, 1.807) is 0 Å². The van der Waals surface area contributed by atoms with Gasteiger partial charge >= 0.3 is 50.5 Å². The van der Waals surface area contributed by atoms with E-state index in [4.69, 9.17) is 33.9 Å². The molecule has 0 unspecified atom stereocenters. The zero-order valence-corrected chi connectivity index (χ0v) is 33.4. The van der Waals surface area contributed by atoms with Crippen LogP contribution < -0.4 is 18.0 Å². The summed E-state index contributed by atoms with van der Waals surface area (Å²) in [5, 5.41) is 0.0208. The second kappa shape index (κ2) is 24.4.